The van der Waals surface area contributed by atoms with Gasteiger partial charge in [0.2, 0.25) is 5.91 Å². The predicted octanol–water partition coefficient (Wildman–Crippen LogP) is 4.19. The van der Waals surface area contributed by atoms with Gasteiger partial charge in [-0.05, 0) is 73.5 Å². The van der Waals surface area contributed by atoms with Crippen LogP contribution in [0.15, 0.2) is 76.5 Å². The summed E-state index contributed by atoms with van der Waals surface area (Å²) in [6.45, 7) is 1.36. The Labute approximate surface area is 224 Å². The first-order chi connectivity index (χ1) is 18.0. The van der Waals surface area contributed by atoms with E-state index >= 15 is 0 Å². The highest BCUT2D eigenvalue weighted by Crippen LogP contribution is 2.41. The van der Waals surface area contributed by atoms with Gasteiger partial charge in [0.1, 0.15) is 18.0 Å². The van der Waals surface area contributed by atoms with E-state index in [4.69, 9.17) is 9.47 Å². The minimum atomic E-state index is -3.30. The Morgan fingerprint density at radius 1 is 1.00 bits per heavy atom. The molecule has 0 saturated carbocycles. The van der Waals surface area contributed by atoms with Crippen LogP contribution in [0.3, 0.4) is 0 Å². The second kappa shape index (κ2) is 11.3. The number of fused-ring (bicyclic) bond motifs is 1. The topological polar surface area (TPSA) is 127 Å². The Morgan fingerprint density at radius 3 is 2.21 bits per heavy atom. The van der Waals surface area contributed by atoms with E-state index in [1.807, 2.05) is 12.1 Å². The van der Waals surface area contributed by atoms with Crippen molar-refractivity contribution in [3.05, 3.63) is 77.9 Å². The fraction of sp³-hybridized carbons (Fsp3) is 0.222. The van der Waals surface area contributed by atoms with Gasteiger partial charge in [0.25, 0.3) is 0 Å². The molecule has 4 rings (SSSR count). The van der Waals surface area contributed by atoms with Crippen molar-refractivity contribution >= 4 is 45.1 Å². The molecule has 1 aliphatic heterocycles. The Hall–Kier alpha value is -3.83. The third kappa shape index (κ3) is 6.35. The number of rotatable bonds is 9. The number of hydrogen-bond donors (Lipinski definition) is 1. The highest BCUT2D eigenvalue weighted by molar-refractivity contribution is 8.01. The molecule has 1 unspecified atom stereocenters. The zero-order valence-electron chi connectivity index (χ0n) is 20.6. The van der Waals surface area contributed by atoms with E-state index in [-0.39, 0.29) is 23.0 Å². The first-order valence-corrected chi connectivity index (χ1v) is 14.4. The Bertz CT molecular complexity index is 1470. The number of ether oxygens (including phenoxy) is 2. The molecule has 0 bridgehead atoms. The number of esters is 1. The summed E-state index contributed by atoms with van der Waals surface area (Å²) in [7, 11) is -3.30. The van der Waals surface area contributed by atoms with Crippen molar-refractivity contribution in [2.75, 3.05) is 24.3 Å². The first kappa shape index (κ1) is 27.2. The maximum Gasteiger partial charge on any atom is 0.338 e. The summed E-state index contributed by atoms with van der Waals surface area (Å²) in [5, 5.41) is 8.85. The molecule has 0 radical (unpaired) electrons. The maximum atomic E-state index is 13.3. The van der Waals surface area contributed by atoms with E-state index in [1.165, 1.54) is 34.9 Å². The van der Waals surface area contributed by atoms with Gasteiger partial charge in [-0.15, -0.1) is 11.8 Å². The van der Waals surface area contributed by atoms with Crippen LogP contribution in [0, 0.1) is 0 Å². The van der Waals surface area contributed by atoms with Crippen molar-refractivity contribution in [2.24, 2.45) is 0 Å². The Balaban J connectivity index is 1.50. The van der Waals surface area contributed by atoms with E-state index in [0.29, 0.717) is 28.5 Å². The fourth-order valence-corrected chi connectivity index (χ4v) is 5.77. The van der Waals surface area contributed by atoms with Crippen LogP contribution in [0.4, 0.5) is 5.69 Å². The van der Waals surface area contributed by atoms with Crippen molar-refractivity contribution in [2.45, 2.75) is 28.4 Å². The number of thioether (sulfide) groups is 1. The molecule has 11 heteroatoms. The van der Waals surface area contributed by atoms with Crippen LogP contribution in [-0.2, 0) is 30.6 Å². The number of carboxylic acids is 1. The Morgan fingerprint density at radius 2 is 1.63 bits per heavy atom. The van der Waals surface area contributed by atoms with Crippen LogP contribution < -0.4 is 9.64 Å². The van der Waals surface area contributed by atoms with Gasteiger partial charge in [-0.3, -0.25) is 14.5 Å². The SMILES string of the molecule is CCOC(=O)c1ccc2c(c1)N(CC(=O)O)C(=O)C(Cc1ccc(Oc3ccc(S(C)(=O)=O)cc3)cc1)S2. The predicted molar refractivity (Wildman–Crippen MR) is 142 cm³/mol. The number of carbonyl (C=O) groups is 3. The number of sulfone groups is 1. The van der Waals surface area contributed by atoms with Crippen molar-refractivity contribution in [1.29, 1.82) is 0 Å². The van der Waals surface area contributed by atoms with Gasteiger partial charge in [0.15, 0.2) is 9.84 Å². The number of nitrogens with zero attached hydrogens (tertiary/aromatic N) is 1. The molecule has 0 saturated heterocycles. The third-order valence-electron chi connectivity index (χ3n) is 5.70. The number of anilines is 1. The number of amides is 1. The summed E-state index contributed by atoms with van der Waals surface area (Å²) in [6, 6.07) is 18.0. The normalized spacial score (nSPS) is 15.1. The molecule has 198 valence electrons. The zero-order chi connectivity index (χ0) is 27.4. The van der Waals surface area contributed by atoms with Crippen molar-refractivity contribution in [3.63, 3.8) is 0 Å². The minimum Gasteiger partial charge on any atom is -0.480 e. The molecule has 0 aliphatic carbocycles. The van der Waals surface area contributed by atoms with Gasteiger partial charge in [0, 0.05) is 11.2 Å². The standard InChI is InChI=1S/C27H25NO8S2/c1-3-35-27(32)18-6-13-23-22(15-18)28(16-25(29)30)26(31)24(37-23)14-17-4-7-19(8-5-17)36-20-9-11-21(12-10-20)38(2,33)34/h4-13,15,24H,3,14,16H2,1-2H3,(H,29,30). The fourth-order valence-electron chi connectivity index (χ4n) is 3.89. The molecule has 0 fully saturated rings. The number of hydrogen-bond acceptors (Lipinski definition) is 8. The first-order valence-electron chi connectivity index (χ1n) is 11.6. The summed E-state index contributed by atoms with van der Waals surface area (Å²) in [6.07, 6.45) is 1.49. The smallest absolute Gasteiger partial charge is 0.338 e. The molecule has 38 heavy (non-hydrogen) atoms. The molecule has 0 spiro atoms. The van der Waals surface area contributed by atoms with Crippen LogP contribution in [-0.4, -0.2) is 56.0 Å². The molecular formula is C27H25NO8S2. The number of benzene rings is 3. The summed E-state index contributed by atoms with van der Waals surface area (Å²) < 4.78 is 34.0. The van der Waals surface area contributed by atoms with Crippen LogP contribution in [0.5, 0.6) is 11.5 Å². The molecule has 1 N–H and O–H groups in total. The molecule has 1 atom stereocenters. The molecule has 3 aromatic rings. The summed E-state index contributed by atoms with van der Waals surface area (Å²) in [4.78, 5) is 39.1. The van der Waals surface area contributed by atoms with Crippen LogP contribution in [0.2, 0.25) is 0 Å². The summed E-state index contributed by atoms with van der Waals surface area (Å²) in [5.74, 6) is -1.06. The number of carbonyl (C=O) groups excluding carboxylic acids is 2. The van der Waals surface area contributed by atoms with E-state index in [1.54, 1.807) is 43.3 Å². The van der Waals surface area contributed by atoms with Crippen LogP contribution >= 0.6 is 11.8 Å². The van der Waals surface area contributed by atoms with Crippen LogP contribution in [0.25, 0.3) is 0 Å². The van der Waals surface area contributed by atoms with E-state index < -0.39 is 33.6 Å². The highest BCUT2D eigenvalue weighted by atomic mass is 32.2. The maximum absolute atomic E-state index is 13.3. The van der Waals surface area contributed by atoms with Crippen LogP contribution in [0.1, 0.15) is 22.8 Å². The molecule has 1 aliphatic rings. The molecular weight excluding hydrogens is 530 g/mol. The lowest BCUT2D eigenvalue weighted by Crippen LogP contribution is -2.44. The second-order valence-corrected chi connectivity index (χ2v) is 11.8. The lowest BCUT2D eigenvalue weighted by atomic mass is 10.1. The molecule has 1 heterocycles. The summed E-state index contributed by atoms with van der Waals surface area (Å²) in [5.41, 5.74) is 1.46. The third-order valence-corrected chi connectivity index (χ3v) is 8.08. The monoisotopic (exact) mass is 555 g/mol. The van der Waals surface area contributed by atoms with Gasteiger partial charge in [-0.2, -0.15) is 0 Å². The summed E-state index contributed by atoms with van der Waals surface area (Å²) >= 11 is 1.32. The van der Waals surface area contributed by atoms with Gasteiger partial charge in [0.05, 0.1) is 28.0 Å². The molecule has 9 nitrogen and oxygen atoms in total. The lowest BCUT2D eigenvalue weighted by molar-refractivity contribution is -0.136. The van der Waals surface area contributed by atoms with E-state index in [0.717, 1.165) is 11.8 Å². The van der Waals surface area contributed by atoms with E-state index in [2.05, 4.69) is 0 Å². The number of aliphatic carboxylic acids is 1. The van der Waals surface area contributed by atoms with Gasteiger partial charge >= 0.3 is 11.9 Å². The molecule has 1 amide bonds. The molecule has 0 aromatic heterocycles. The Kier molecular flexibility index (Phi) is 8.08. The van der Waals surface area contributed by atoms with Crippen molar-refractivity contribution < 1.29 is 37.4 Å². The zero-order valence-corrected chi connectivity index (χ0v) is 22.3. The average Bonchev–Trinajstić information content (AvgIpc) is 2.87. The molecule has 3 aromatic carbocycles. The van der Waals surface area contributed by atoms with Gasteiger partial charge < -0.3 is 14.6 Å². The van der Waals surface area contributed by atoms with Crippen molar-refractivity contribution in [3.8, 4) is 11.5 Å². The number of carboxylic acid groups (broad SMARTS) is 1. The second-order valence-electron chi connectivity index (χ2n) is 8.52. The highest BCUT2D eigenvalue weighted by Gasteiger charge is 2.35. The van der Waals surface area contributed by atoms with E-state index in [9.17, 15) is 27.9 Å². The minimum absolute atomic E-state index is 0.198. The lowest BCUT2D eigenvalue weighted by Gasteiger charge is -2.33. The van der Waals surface area contributed by atoms with Gasteiger partial charge in [-0.25, -0.2) is 13.2 Å². The average molecular weight is 556 g/mol. The largest absolute Gasteiger partial charge is 0.480 e. The quantitative estimate of drug-likeness (QED) is 0.387. The van der Waals surface area contributed by atoms with Crippen molar-refractivity contribution in [1.82, 2.24) is 0 Å². The van der Waals surface area contributed by atoms with Gasteiger partial charge in [-0.1, -0.05) is 12.1 Å².